The first kappa shape index (κ1) is 28.6. The maximum Gasteiger partial charge on any atom is 0.143 e. The maximum absolute atomic E-state index is 11.2. The quantitative estimate of drug-likeness (QED) is 0.220. The summed E-state index contributed by atoms with van der Waals surface area (Å²) in [6.07, 6.45) is 13.9. The number of aryl methyl sites for hydroxylation is 1. The van der Waals surface area contributed by atoms with Gasteiger partial charge in [0.1, 0.15) is 23.6 Å². The van der Waals surface area contributed by atoms with Crippen LogP contribution < -0.4 is 14.5 Å². The summed E-state index contributed by atoms with van der Waals surface area (Å²) in [5.41, 5.74) is 6.40. The van der Waals surface area contributed by atoms with Crippen LogP contribution in [0, 0.1) is 6.92 Å². The van der Waals surface area contributed by atoms with E-state index in [0.717, 1.165) is 60.6 Å². The Morgan fingerprint density at radius 3 is 1.79 bits per heavy atom. The van der Waals surface area contributed by atoms with E-state index in [9.17, 15) is 4.79 Å². The lowest BCUT2D eigenvalue weighted by molar-refractivity contribution is -0.104. The Kier molecular flexibility index (Phi) is 10.6. The molecule has 0 fully saturated rings. The Labute approximate surface area is 228 Å². The third kappa shape index (κ3) is 7.28. The summed E-state index contributed by atoms with van der Waals surface area (Å²) in [6.45, 7) is 14.6. The minimum absolute atomic E-state index is 0.642. The predicted octanol–water partition coefficient (Wildman–Crippen LogP) is 7.35. The Morgan fingerprint density at radius 1 is 0.763 bits per heavy atom. The van der Waals surface area contributed by atoms with Crippen LogP contribution in [0.2, 0.25) is 0 Å². The van der Waals surface area contributed by atoms with Crippen molar-refractivity contribution in [3.63, 3.8) is 0 Å². The largest absolute Gasteiger partial charge is 0.496 e. The molecule has 1 aliphatic heterocycles. The molecule has 0 N–H and O–H groups in total. The molecule has 5 heteroatoms. The van der Waals surface area contributed by atoms with Crippen LogP contribution in [0.25, 0.3) is 12.2 Å². The van der Waals surface area contributed by atoms with Gasteiger partial charge in [-0.3, -0.25) is 4.79 Å². The van der Waals surface area contributed by atoms with E-state index in [1.54, 1.807) is 7.11 Å². The van der Waals surface area contributed by atoms with Crippen LogP contribution in [0.5, 0.6) is 5.75 Å². The number of carbonyl (C=O) groups is 1. The van der Waals surface area contributed by atoms with Crippen molar-refractivity contribution in [2.75, 3.05) is 43.1 Å². The molecule has 3 rings (SSSR count). The summed E-state index contributed by atoms with van der Waals surface area (Å²) in [6, 6.07) is 12.7. The second kappa shape index (κ2) is 14.1. The van der Waals surface area contributed by atoms with E-state index in [2.05, 4.69) is 80.8 Å². The number of benzene rings is 2. The van der Waals surface area contributed by atoms with E-state index < -0.39 is 0 Å². The van der Waals surface area contributed by atoms with Gasteiger partial charge in [-0.25, -0.2) is 0 Å². The number of methoxy groups -OCH3 is 1. The molecule has 0 spiro atoms. The number of anilines is 2. The molecule has 0 aromatic heterocycles. The summed E-state index contributed by atoms with van der Waals surface area (Å²) >= 11 is 0. The van der Waals surface area contributed by atoms with Gasteiger partial charge in [-0.1, -0.05) is 12.1 Å². The summed E-state index contributed by atoms with van der Waals surface area (Å²) in [5, 5.41) is 0. The maximum atomic E-state index is 11.2. The molecular weight excluding hydrogens is 472 g/mol. The zero-order valence-corrected chi connectivity index (χ0v) is 23.5. The zero-order chi connectivity index (χ0) is 27.5. The number of allylic oxidation sites excluding steroid dienone is 6. The van der Waals surface area contributed by atoms with Crippen LogP contribution in [-0.2, 0) is 9.53 Å². The van der Waals surface area contributed by atoms with Gasteiger partial charge in [-0.05, 0) is 112 Å². The number of ether oxygens (including phenoxy) is 2. The fraction of sp³-hybridized carbons (Fsp3) is 0.303. The molecule has 5 nitrogen and oxygen atoms in total. The molecule has 0 saturated heterocycles. The Morgan fingerprint density at radius 2 is 1.29 bits per heavy atom. The van der Waals surface area contributed by atoms with Gasteiger partial charge in [0.15, 0.2) is 0 Å². The van der Waals surface area contributed by atoms with Crippen LogP contribution in [-0.4, -0.2) is 39.6 Å². The highest BCUT2D eigenvalue weighted by Gasteiger charge is 2.10. The molecule has 38 heavy (non-hydrogen) atoms. The SMILES string of the molecule is CCN(CC)c1ccc(/C=C/C2=CC(=C\C=O)/C=C(/C=C/c3ccc(N(CC)CC)cc3OC)O2)c(C)c1. The van der Waals surface area contributed by atoms with E-state index in [1.807, 2.05) is 36.5 Å². The van der Waals surface area contributed by atoms with E-state index in [1.165, 1.54) is 17.3 Å². The van der Waals surface area contributed by atoms with Crippen LogP contribution in [0.3, 0.4) is 0 Å². The van der Waals surface area contributed by atoms with Crippen LogP contribution >= 0.6 is 0 Å². The first-order chi connectivity index (χ1) is 18.5. The number of hydrogen-bond acceptors (Lipinski definition) is 5. The second-order valence-electron chi connectivity index (χ2n) is 8.98. The third-order valence-corrected chi connectivity index (χ3v) is 6.70. The monoisotopic (exact) mass is 512 g/mol. The fourth-order valence-corrected chi connectivity index (χ4v) is 4.50. The highest BCUT2D eigenvalue weighted by atomic mass is 16.5. The van der Waals surface area contributed by atoms with Crippen molar-refractivity contribution < 1.29 is 14.3 Å². The Bertz CT molecular complexity index is 1260. The van der Waals surface area contributed by atoms with Crippen LogP contribution in [0.4, 0.5) is 11.4 Å². The molecule has 0 aliphatic carbocycles. The number of carbonyl (C=O) groups excluding carboxylic acids is 1. The van der Waals surface area contributed by atoms with Crippen LogP contribution in [0.1, 0.15) is 44.4 Å². The van der Waals surface area contributed by atoms with Gasteiger partial charge in [0.05, 0.1) is 7.11 Å². The molecule has 0 amide bonds. The highest BCUT2D eigenvalue weighted by Crippen LogP contribution is 2.29. The predicted molar refractivity (Wildman–Crippen MR) is 161 cm³/mol. The van der Waals surface area contributed by atoms with Gasteiger partial charge in [-0.15, -0.1) is 0 Å². The number of hydrogen-bond donors (Lipinski definition) is 0. The van der Waals surface area contributed by atoms with Crippen molar-refractivity contribution in [1.82, 2.24) is 0 Å². The van der Waals surface area contributed by atoms with Gasteiger partial charge in [0.25, 0.3) is 0 Å². The minimum atomic E-state index is 0.642. The van der Waals surface area contributed by atoms with Crippen molar-refractivity contribution >= 4 is 29.8 Å². The lowest BCUT2D eigenvalue weighted by Gasteiger charge is -2.22. The highest BCUT2D eigenvalue weighted by molar-refractivity contribution is 5.71. The van der Waals surface area contributed by atoms with E-state index in [4.69, 9.17) is 9.47 Å². The topological polar surface area (TPSA) is 42.0 Å². The summed E-state index contributed by atoms with van der Waals surface area (Å²) in [7, 11) is 1.68. The molecule has 1 heterocycles. The van der Waals surface area contributed by atoms with Crippen molar-refractivity contribution in [2.24, 2.45) is 0 Å². The smallest absolute Gasteiger partial charge is 0.143 e. The van der Waals surface area contributed by atoms with E-state index in [0.29, 0.717) is 11.5 Å². The second-order valence-corrected chi connectivity index (χ2v) is 8.98. The molecule has 2 aromatic rings. The average molecular weight is 513 g/mol. The van der Waals surface area contributed by atoms with Crippen LogP contribution in [0.15, 0.2) is 83.9 Å². The van der Waals surface area contributed by atoms with Gasteiger partial charge in [0.2, 0.25) is 0 Å². The normalized spacial score (nSPS) is 14.4. The minimum Gasteiger partial charge on any atom is -0.496 e. The Balaban J connectivity index is 1.81. The van der Waals surface area contributed by atoms with Crippen molar-refractivity contribution in [3.8, 4) is 5.75 Å². The Hall–Kier alpha value is -3.99. The molecule has 2 aromatic carbocycles. The molecule has 0 radical (unpaired) electrons. The number of aldehydes is 1. The van der Waals surface area contributed by atoms with Crippen molar-refractivity contribution in [2.45, 2.75) is 34.6 Å². The first-order valence-corrected chi connectivity index (χ1v) is 13.4. The third-order valence-electron chi connectivity index (χ3n) is 6.70. The number of rotatable bonds is 12. The lowest BCUT2D eigenvalue weighted by Crippen LogP contribution is -2.21. The zero-order valence-electron chi connectivity index (χ0n) is 23.5. The van der Waals surface area contributed by atoms with Gasteiger partial charge >= 0.3 is 0 Å². The van der Waals surface area contributed by atoms with E-state index >= 15 is 0 Å². The summed E-state index contributed by atoms with van der Waals surface area (Å²) in [4.78, 5) is 15.8. The fourth-order valence-electron chi connectivity index (χ4n) is 4.50. The average Bonchev–Trinajstić information content (AvgIpc) is 2.93. The van der Waals surface area contributed by atoms with Gasteiger partial charge in [0, 0.05) is 49.2 Å². The summed E-state index contributed by atoms with van der Waals surface area (Å²) in [5.74, 6) is 2.10. The first-order valence-electron chi connectivity index (χ1n) is 13.4. The molecular formula is C33H40N2O3. The molecule has 1 aliphatic rings. The van der Waals surface area contributed by atoms with Crippen molar-refractivity contribution in [1.29, 1.82) is 0 Å². The van der Waals surface area contributed by atoms with Gasteiger partial charge in [-0.2, -0.15) is 0 Å². The number of nitrogens with zero attached hydrogens (tertiary/aromatic N) is 2. The molecule has 0 atom stereocenters. The molecule has 200 valence electrons. The lowest BCUT2D eigenvalue weighted by atomic mass is 10.1. The summed E-state index contributed by atoms with van der Waals surface area (Å²) < 4.78 is 11.8. The molecule has 0 bridgehead atoms. The van der Waals surface area contributed by atoms with Gasteiger partial charge < -0.3 is 19.3 Å². The molecule has 0 unspecified atom stereocenters. The van der Waals surface area contributed by atoms with Crippen molar-refractivity contribution in [3.05, 3.63) is 101 Å². The molecule has 0 saturated carbocycles. The standard InChI is InChI=1S/C33H40N2O3/c1-7-34(8-2)29-15-11-27(25(5)21-29)13-17-31-22-26(19-20-36)23-32(38-31)18-14-28-12-16-30(24-33(28)37-6)35(9-3)10-4/h11-24H,7-10H2,1-6H3/b17-13+,18-14+,26-19+. The van der Waals surface area contributed by atoms with E-state index in [-0.39, 0.29) is 0 Å².